The molecule has 0 saturated carbocycles. The summed E-state index contributed by atoms with van der Waals surface area (Å²) < 4.78 is 0. The Morgan fingerprint density at radius 3 is 2.85 bits per heavy atom. The Kier molecular flexibility index (Phi) is 3.84. The van der Waals surface area contributed by atoms with E-state index >= 15 is 0 Å². The summed E-state index contributed by atoms with van der Waals surface area (Å²) >= 11 is 0. The zero-order chi connectivity index (χ0) is 9.84. The molecule has 1 aliphatic rings. The maximum Gasteiger partial charge on any atom is 0.133 e. The zero-order valence-electron chi connectivity index (χ0n) is 8.31. The molecule has 0 aromatic carbocycles. The lowest BCUT2D eigenvalue weighted by Crippen LogP contribution is -2.38. The predicted octanol–water partition coefficient (Wildman–Crippen LogP) is -0.818. The second-order valence-corrected chi connectivity index (χ2v) is 3.93. The van der Waals surface area contributed by atoms with Crippen molar-refractivity contribution in [2.45, 2.75) is 18.6 Å². The summed E-state index contributed by atoms with van der Waals surface area (Å²) in [6, 6.07) is 0.329. The van der Waals surface area contributed by atoms with Gasteiger partial charge in [-0.1, -0.05) is 0 Å². The molecule has 4 nitrogen and oxygen atoms in total. The Morgan fingerprint density at radius 2 is 2.31 bits per heavy atom. The Balaban J connectivity index is 2.45. The van der Waals surface area contributed by atoms with E-state index in [4.69, 9.17) is 0 Å². The van der Waals surface area contributed by atoms with Gasteiger partial charge < -0.3 is 14.8 Å². The van der Waals surface area contributed by atoms with Gasteiger partial charge in [0.25, 0.3) is 0 Å². The molecule has 13 heavy (non-hydrogen) atoms. The number of rotatable bonds is 4. The van der Waals surface area contributed by atoms with Crippen molar-refractivity contribution in [3.8, 4) is 0 Å². The highest BCUT2D eigenvalue weighted by molar-refractivity contribution is 5.52. The number of likely N-dealkylation sites (N-methyl/N-ethyl adjacent to an activating group) is 1. The molecule has 0 aliphatic carbocycles. The maximum atomic E-state index is 10.4. The van der Waals surface area contributed by atoms with Crippen LogP contribution >= 0.6 is 0 Å². The number of carbonyl (C=O) groups excluding carboxylic acids is 1. The van der Waals surface area contributed by atoms with Crippen molar-refractivity contribution >= 4 is 6.29 Å². The molecule has 4 heteroatoms. The number of nitrogens with zero attached hydrogens (tertiary/aromatic N) is 2. The normalized spacial score (nSPS) is 29.8. The number of aldehydes is 1. The van der Waals surface area contributed by atoms with Crippen LogP contribution in [0.15, 0.2) is 0 Å². The lowest BCUT2D eigenvalue weighted by molar-refractivity contribution is -0.109. The van der Waals surface area contributed by atoms with Gasteiger partial charge in [0, 0.05) is 19.1 Å². The van der Waals surface area contributed by atoms with Crippen molar-refractivity contribution in [1.82, 2.24) is 9.80 Å². The summed E-state index contributed by atoms with van der Waals surface area (Å²) in [5.74, 6) is 0. The molecule has 0 aromatic rings. The third-order valence-corrected chi connectivity index (χ3v) is 2.39. The van der Waals surface area contributed by atoms with E-state index in [0.29, 0.717) is 19.1 Å². The second-order valence-electron chi connectivity index (χ2n) is 3.93. The lowest BCUT2D eigenvalue weighted by Gasteiger charge is -2.24. The molecule has 2 atom stereocenters. The van der Waals surface area contributed by atoms with E-state index in [1.165, 1.54) is 0 Å². The van der Waals surface area contributed by atoms with Gasteiger partial charge in [0.05, 0.1) is 12.6 Å². The van der Waals surface area contributed by atoms with E-state index in [9.17, 15) is 9.90 Å². The Bertz CT molecular complexity index is 173. The van der Waals surface area contributed by atoms with E-state index in [1.54, 1.807) is 0 Å². The fourth-order valence-electron chi connectivity index (χ4n) is 1.89. The van der Waals surface area contributed by atoms with Gasteiger partial charge in [-0.2, -0.15) is 0 Å². The van der Waals surface area contributed by atoms with Crippen molar-refractivity contribution in [3.05, 3.63) is 0 Å². The van der Waals surface area contributed by atoms with E-state index in [-0.39, 0.29) is 6.10 Å². The molecule has 0 radical (unpaired) electrons. The van der Waals surface area contributed by atoms with Crippen LogP contribution in [0, 0.1) is 0 Å². The monoisotopic (exact) mass is 186 g/mol. The smallest absolute Gasteiger partial charge is 0.133 e. The fourth-order valence-corrected chi connectivity index (χ4v) is 1.89. The molecule has 1 fully saturated rings. The first-order valence-corrected chi connectivity index (χ1v) is 4.64. The molecule has 2 unspecified atom stereocenters. The first kappa shape index (κ1) is 10.6. The van der Waals surface area contributed by atoms with Crippen molar-refractivity contribution in [2.75, 3.05) is 33.7 Å². The van der Waals surface area contributed by atoms with Crippen LogP contribution in [-0.4, -0.2) is 67.1 Å². The largest absolute Gasteiger partial charge is 0.392 e. The average Bonchev–Trinajstić information content (AvgIpc) is 2.31. The Hall–Kier alpha value is -0.450. The first-order chi connectivity index (χ1) is 6.13. The van der Waals surface area contributed by atoms with Crippen LogP contribution in [0.2, 0.25) is 0 Å². The van der Waals surface area contributed by atoms with Gasteiger partial charge in [-0.05, 0) is 20.5 Å². The molecule has 0 amide bonds. The van der Waals surface area contributed by atoms with Gasteiger partial charge in [-0.15, -0.1) is 0 Å². The van der Waals surface area contributed by atoms with Crippen molar-refractivity contribution in [1.29, 1.82) is 0 Å². The first-order valence-electron chi connectivity index (χ1n) is 4.64. The molecule has 1 N–H and O–H groups in total. The van der Waals surface area contributed by atoms with Crippen LogP contribution in [0.25, 0.3) is 0 Å². The van der Waals surface area contributed by atoms with Crippen LogP contribution in [0.4, 0.5) is 0 Å². The minimum Gasteiger partial charge on any atom is -0.392 e. The standard InChI is InChI=1S/C9H18N2O2/c1-10(2)6-8-5-9(13)7-11(8)3-4-12/h4,8-9,13H,3,5-7H2,1-2H3. The number of hydrogen-bond donors (Lipinski definition) is 1. The summed E-state index contributed by atoms with van der Waals surface area (Å²) in [6.45, 7) is 1.98. The van der Waals surface area contributed by atoms with Crippen LogP contribution in [0.5, 0.6) is 0 Å². The topological polar surface area (TPSA) is 43.8 Å². The molecular formula is C9H18N2O2. The quantitative estimate of drug-likeness (QED) is 0.583. The van der Waals surface area contributed by atoms with Crippen molar-refractivity contribution in [2.24, 2.45) is 0 Å². The predicted molar refractivity (Wildman–Crippen MR) is 50.6 cm³/mol. The number of β-amino-alcohol motifs (C(OH)–C–C–N with tert-alkyl or cyclic N) is 1. The number of hydrogen-bond acceptors (Lipinski definition) is 4. The van der Waals surface area contributed by atoms with Crippen molar-refractivity contribution < 1.29 is 9.90 Å². The number of aliphatic hydroxyl groups excluding tert-OH is 1. The van der Waals surface area contributed by atoms with Crippen LogP contribution < -0.4 is 0 Å². The van der Waals surface area contributed by atoms with Crippen LogP contribution in [-0.2, 0) is 4.79 Å². The molecule has 0 bridgehead atoms. The molecule has 0 aromatic heterocycles. The summed E-state index contributed by atoms with van der Waals surface area (Å²) in [6.07, 6.45) is 1.43. The highest BCUT2D eigenvalue weighted by Gasteiger charge is 2.30. The van der Waals surface area contributed by atoms with Gasteiger partial charge in [-0.3, -0.25) is 4.90 Å². The molecule has 1 heterocycles. The fraction of sp³-hybridized carbons (Fsp3) is 0.889. The van der Waals surface area contributed by atoms with E-state index in [2.05, 4.69) is 4.90 Å². The minimum atomic E-state index is -0.259. The summed E-state index contributed by atoms with van der Waals surface area (Å²) in [4.78, 5) is 14.5. The van der Waals surface area contributed by atoms with E-state index < -0.39 is 0 Å². The Labute approximate surface area is 79.1 Å². The summed E-state index contributed by atoms with van der Waals surface area (Å²) in [5, 5.41) is 9.43. The highest BCUT2D eigenvalue weighted by Crippen LogP contribution is 2.17. The second kappa shape index (κ2) is 4.69. The van der Waals surface area contributed by atoms with Gasteiger partial charge in [0.15, 0.2) is 0 Å². The third-order valence-electron chi connectivity index (χ3n) is 2.39. The van der Waals surface area contributed by atoms with Gasteiger partial charge >= 0.3 is 0 Å². The molecule has 76 valence electrons. The minimum absolute atomic E-state index is 0.259. The molecular weight excluding hydrogens is 168 g/mol. The molecule has 1 aliphatic heterocycles. The van der Waals surface area contributed by atoms with Gasteiger partial charge in [0.1, 0.15) is 6.29 Å². The van der Waals surface area contributed by atoms with Gasteiger partial charge in [0.2, 0.25) is 0 Å². The third kappa shape index (κ3) is 3.06. The molecule has 1 saturated heterocycles. The summed E-state index contributed by atoms with van der Waals surface area (Å²) in [7, 11) is 4.01. The molecule has 1 rings (SSSR count). The average molecular weight is 186 g/mol. The number of carbonyl (C=O) groups is 1. The summed E-state index contributed by atoms with van der Waals surface area (Å²) in [5.41, 5.74) is 0. The van der Waals surface area contributed by atoms with Crippen molar-refractivity contribution in [3.63, 3.8) is 0 Å². The zero-order valence-corrected chi connectivity index (χ0v) is 8.31. The Morgan fingerprint density at radius 1 is 1.62 bits per heavy atom. The number of likely N-dealkylation sites (tertiary alicyclic amines) is 1. The van der Waals surface area contributed by atoms with E-state index in [1.807, 2.05) is 19.0 Å². The highest BCUT2D eigenvalue weighted by atomic mass is 16.3. The maximum absolute atomic E-state index is 10.4. The SMILES string of the molecule is CN(C)CC1CC(O)CN1CC=O. The lowest BCUT2D eigenvalue weighted by atomic mass is 10.2. The molecule has 0 spiro atoms. The number of aliphatic hydroxyl groups is 1. The van der Waals surface area contributed by atoms with E-state index in [0.717, 1.165) is 19.3 Å². The van der Waals surface area contributed by atoms with Crippen LogP contribution in [0.1, 0.15) is 6.42 Å². The van der Waals surface area contributed by atoms with Crippen LogP contribution in [0.3, 0.4) is 0 Å². The van der Waals surface area contributed by atoms with Gasteiger partial charge in [-0.25, -0.2) is 0 Å².